The minimum Gasteiger partial charge on any atom is -0.363 e. The first-order valence-corrected chi connectivity index (χ1v) is 7.57. The number of nitrogens with one attached hydrogen (secondary N) is 1. The maximum atomic E-state index is 5.96. The Balaban J connectivity index is 2.51. The van der Waals surface area contributed by atoms with Crippen molar-refractivity contribution in [1.82, 2.24) is 9.97 Å². The van der Waals surface area contributed by atoms with Crippen molar-refractivity contribution in [2.75, 3.05) is 11.9 Å². The summed E-state index contributed by atoms with van der Waals surface area (Å²) in [5.41, 5.74) is 7.15. The molecule has 0 atom stereocenters. The molecule has 104 valence electrons. The van der Waals surface area contributed by atoms with E-state index in [4.69, 9.17) is 5.73 Å². The van der Waals surface area contributed by atoms with E-state index >= 15 is 0 Å². The van der Waals surface area contributed by atoms with Gasteiger partial charge in [-0.3, -0.25) is 0 Å². The van der Waals surface area contributed by atoms with Gasteiger partial charge in [-0.15, -0.1) is 11.3 Å². The van der Waals surface area contributed by atoms with Gasteiger partial charge in [0.25, 0.3) is 0 Å². The van der Waals surface area contributed by atoms with Crippen molar-refractivity contribution in [2.24, 2.45) is 5.73 Å². The van der Waals surface area contributed by atoms with E-state index in [1.807, 2.05) is 0 Å². The van der Waals surface area contributed by atoms with Gasteiger partial charge >= 0.3 is 0 Å². The summed E-state index contributed by atoms with van der Waals surface area (Å²) < 4.78 is 0. The second-order valence-electron chi connectivity index (χ2n) is 5.00. The summed E-state index contributed by atoms with van der Waals surface area (Å²) in [4.78, 5) is 11.1. The lowest BCUT2D eigenvalue weighted by Crippen LogP contribution is -2.44. The van der Waals surface area contributed by atoms with E-state index < -0.39 is 0 Å². The van der Waals surface area contributed by atoms with Crippen molar-refractivity contribution in [1.29, 1.82) is 0 Å². The van der Waals surface area contributed by atoms with Gasteiger partial charge in [-0.1, -0.05) is 13.8 Å². The average Bonchev–Trinajstić information content (AvgIpc) is 2.73. The first kappa shape index (κ1) is 14.2. The molecule has 2 heterocycles. The van der Waals surface area contributed by atoms with Crippen LogP contribution in [0.4, 0.5) is 5.82 Å². The lowest BCUT2D eigenvalue weighted by Gasteiger charge is -2.32. The Morgan fingerprint density at radius 3 is 2.53 bits per heavy atom. The normalized spacial score (nSPS) is 12.1. The van der Waals surface area contributed by atoms with Crippen LogP contribution >= 0.6 is 11.3 Å². The summed E-state index contributed by atoms with van der Waals surface area (Å²) in [6, 6.07) is 0. The van der Waals surface area contributed by atoms with Gasteiger partial charge in [0.05, 0.1) is 10.9 Å². The van der Waals surface area contributed by atoms with Crippen LogP contribution in [0.25, 0.3) is 10.2 Å². The minimum atomic E-state index is -0.0798. The molecule has 0 aliphatic rings. The maximum Gasteiger partial charge on any atom is 0.138 e. The summed E-state index contributed by atoms with van der Waals surface area (Å²) in [5.74, 6) is 0.918. The molecular formula is C14H22N4S. The molecule has 0 aliphatic carbocycles. The zero-order valence-electron chi connectivity index (χ0n) is 12.1. The van der Waals surface area contributed by atoms with E-state index in [1.165, 1.54) is 10.4 Å². The van der Waals surface area contributed by atoms with Crippen molar-refractivity contribution in [2.45, 2.75) is 46.1 Å². The minimum absolute atomic E-state index is 0.0798. The van der Waals surface area contributed by atoms with Crippen molar-refractivity contribution in [3.8, 4) is 0 Å². The molecule has 0 aromatic carbocycles. The number of nitrogens with two attached hydrogens (primary N) is 1. The van der Waals surface area contributed by atoms with E-state index in [2.05, 4.69) is 43.0 Å². The lowest BCUT2D eigenvalue weighted by atomic mass is 9.93. The van der Waals surface area contributed by atoms with E-state index in [9.17, 15) is 0 Å². The number of hydrogen-bond donors (Lipinski definition) is 2. The predicted octanol–water partition coefficient (Wildman–Crippen LogP) is 3.24. The molecule has 2 aromatic rings. The van der Waals surface area contributed by atoms with Gasteiger partial charge in [0.15, 0.2) is 0 Å². The highest BCUT2D eigenvalue weighted by atomic mass is 32.1. The molecule has 0 amide bonds. The Hall–Kier alpha value is -1.20. The van der Waals surface area contributed by atoms with Crippen LogP contribution in [0.5, 0.6) is 0 Å². The van der Waals surface area contributed by atoms with Gasteiger partial charge in [-0.2, -0.15) is 0 Å². The van der Waals surface area contributed by atoms with Crippen LogP contribution in [0.15, 0.2) is 6.33 Å². The fourth-order valence-electron chi connectivity index (χ4n) is 2.29. The fraction of sp³-hybridized carbons (Fsp3) is 0.571. The second kappa shape index (κ2) is 5.43. The highest BCUT2D eigenvalue weighted by Gasteiger charge is 2.26. The summed E-state index contributed by atoms with van der Waals surface area (Å²) in [5, 5.41) is 4.71. The van der Waals surface area contributed by atoms with E-state index in [0.29, 0.717) is 6.54 Å². The van der Waals surface area contributed by atoms with Crippen LogP contribution in [-0.2, 0) is 0 Å². The third-order valence-corrected chi connectivity index (χ3v) is 5.21. The van der Waals surface area contributed by atoms with Crippen molar-refractivity contribution in [3.05, 3.63) is 16.8 Å². The number of aryl methyl sites for hydroxylation is 2. The van der Waals surface area contributed by atoms with Crippen molar-refractivity contribution in [3.63, 3.8) is 0 Å². The number of hydrogen-bond acceptors (Lipinski definition) is 5. The molecule has 0 bridgehead atoms. The second-order valence-corrected chi connectivity index (χ2v) is 6.21. The third kappa shape index (κ3) is 2.44. The van der Waals surface area contributed by atoms with Gasteiger partial charge in [-0.25, -0.2) is 9.97 Å². The molecule has 0 fully saturated rings. The van der Waals surface area contributed by atoms with Crippen LogP contribution in [0, 0.1) is 13.8 Å². The molecule has 2 aromatic heterocycles. The molecule has 2 rings (SSSR count). The first-order valence-electron chi connectivity index (χ1n) is 6.75. The number of nitrogens with zero attached hydrogens (tertiary/aromatic N) is 2. The Morgan fingerprint density at radius 1 is 1.26 bits per heavy atom. The highest BCUT2D eigenvalue weighted by molar-refractivity contribution is 7.18. The Labute approximate surface area is 118 Å². The molecule has 0 aliphatic heterocycles. The Kier molecular flexibility index (Phi) is 4.06. The summed E-state index contributed by atoms with van der Waals surface area (Å²) in [6.45, 7) is 9.18. The SMILES string of the molecule is CCC(CC)(CN)Nc1ncnc2sc(C)c(C)c12. The maximum absolute atomic E-state index is 5.96. The molecule has 0 unspecified atom stereocenters. The van der Waals surface area contributed by atoms with Crippen LogP contribution in [0.1, 0.15) is 37.1 Å². The van der Waals surface area contributed by atoms with Gasteiger partial charge in [0.2, 0.25) is 0 Å². The first-order chi connectivity index (χ1) is 9.06. The van der Waals surface area contributed by atoms with Crippen LogP contribution in [-0.4, -0.2) is 22.1 Å². The summed E-state index contributed by atoms with van der Waals surface area (Å²) in [7, 11) is 0. The largest absolute Gasteiger partial charge is 0.363 e. The fourth-order valence-corrected chi connectivity index (χ4v) is 3.29. The smallest absolute Gasteiger partial charge is 0.138 e. The van der Waals surface area contributed by atoms with Gasteiger partial charge in [-0.05, 0) is 32.3 Å². The topological polar surface area (TPSA) is 63.8 Å². The molecule has 19 heavy (non-hydrogen) atoms. The molecule has 0 saturated heterocycles. The zero-order valence-corrected chi connectivity index (χ0v) is 12.9. The number of aromatic nitrogens is 2. The van der Waals surface area contributed by atoms with E-state index in [-0.39, 0.29) is 5.54 Å². The van der Waals surface area contributed by atoms with Crippen LogP contribution < -0.4 is 11.1 Å². The molecule has 0 spiro atoms. The summed E-state index contributed by atoms with van der Waals surface area (Å²) >= 11 is 1.72. The van der Waals surface area contributed by atoms with Crippen LogP contribution in [0.3, 0.4) is 0 Å². The molecule has 0 saturated carbocycles. The van der Waals surface area contributed by atoms with E-state index in [0.717, 1.165) is 28.9 Å². The Bertz CT molecular complexity index is 564. The van der Waals surface area contributed by atoms with Crippen molar-refractivity contribution < 1.29 is 0 Å². The molecule has 5 heteroatoms. The number of fused-ring (bicyclic) bond motifs is 1. The van der Waals surface area contributed by atoms with Crippen LogP contribution in [0.2, 0.25) is 0 Å². The highest BCUT2D eigenvalue weighted by Crippen LogP contribution is 2.34. The molecule has 4 nitrogen and oxygen atoms in total. The van der Waals surface area contributed by atoms with Gasteiger partial charge < -0.3 is 11.1 Å². The van der Waals surface area contributed by atoms with Gasteiger partial charge in [0, 0.05) is 11.4 Å². The predicted molar refractivity (Wildman–Crippen MR) is 82.9 cm³/mol. The monoisotopic (exact) mass is 278 g/mol. The van der Waals surface area contributed by atoms with E-state index in [1.54, 1.807) is 17.7 Å². The molecule has 0 radical (unpaired) electrons. The quantitative estimate of drug-likeness (QED) is 0.881. The number of thiophene rings is 1. The number of anilines is 1. The third-order valence-electron chi connectivity index (χ3n) is 4.09. The average molecular weight is 278 g/mol. The number of rotatable bonds is 5. The molecule has 3 N–H and O–H groups in total. The Morgan fingerprint density at radius 2 is 1.95 bits per heavy atom. The van der Waals surface area contributed by atoms with Gasteiger partial charge in [0.1, 0.15) is 17.0 Å². The summed E-state index contributed by atoms with van der Waals surface area (Å²) in [6.07, 6.45) is 3.59. The molecular weight excluding hydrogens is 256 g/mol. The zero-order chi connectivity index (χ0) is 14.0. The lowest BCUT2D eigenvalue weighted by molar-refractivity contribution is 0.444. The van der Waals surface area contributed by atoms with Crippen molar-refractivity contribution >= 4 is 27.4 Å². The standard InChI is InChI=1S/C14H22N4S/c1-5-14(6-2,7-15)18-12-11-9(3)10(4)19-13(11)17-8-16-12/h8H,5-7,15H2,1-4H3,(H,16,17,18).